The number of nitrogens with one attached hydrogen (secondary N) is 1. The highest BCUT2D eigenvalue weighted by Crippen LogP contribution is 2.10. The van der Waals surface area contributed by atoms with E-state index in [2.05, 4.69) is 5.32 Å². The van der Waals surface area contributed by atoms with Crippen molar-refractivity contribution in [1.29, 1.82) is 5.26 Å². The van der Waals surface area contributed by atoms with Crippen LogP contribution in [0.15, 0.2) is 30.3 Å². The van der Waals surface area contributed by atoms with E-state index in [0.29, 0.717) is 13.0 Å². The molecular weight excluding hydrogens is 254 g/mol. The Morgan fingerprint density at radius 2 is 2.00 bits per heavy atom. The number of carbonyl (C=O) groups is 2. The van der Waals surface area contributed by atoms with Crippen LogP contribution in [0.25, 0.3) is 0 Å². The molecule has 0 radical (unpaired) electrons. The number of amides is 2. The van der Waals surface area contributed by atoms with Gasteiger partial charge in [0.2, 0.25) is 11.8 Å². The third kappa shape index (κ3) is 4.73. The standard InChI is InChI=1S/C15H19N3O2/c1-3-17-14(19)11-18(2)15(20)13(10-16)9-12-7-5-4-6-8-12/h4-8,13H,3,9,11H2,1-2H3,(H,17,19). The van der Waals surface area contributed by atoms with Crippen molar-refractivity contribution in [2.45, 2.75) is 13.3 Å². The van der Waals surface area contributed by atoms with E-state index in [1.807, 2.05) is 43.3 Å². The molecule has 0 spiro atoms. The third-order valence-corrected chi connectivity index (χ3v) is 2.87. The van der Waals surface area contributed by atoms with E-state index < -0.39 is 5.92 Å². The highest BCUT2D eigenvalue weighted by atomic mass is 16.2. The zero-order valence-corrected chi connectivity index (χ0v) is 11.8. The molecule has 106 valence electrons. The zero-order valence-electron chi connectivity index (χ0n) is 11.8. The summed E-state index contributed by atoms with van der Waals surface area (Å²) in [6, 6.07) is 11.4. The van der Waals surface area contributed by atoms with Gasteiger partial charge >= 0.3 is 0 Å². The van der Waals surface area contributed by atoms with Gasteiger partial charge < -0.3 is 10.2 Å². The van der Waals surface area contributed by atoms with Crippen LogP contribution in [0.1, 0.15) is 12.5 Å². The van der Waals surface area contributed by atoms with Crippen molar-refractivity contribution in [3.05, 3.63) is 35.9 Å². The minimum Gasteiger partial charge on any atom is -0.355 e. The Hall–Kier alpha value is -2.35. The summed E-state index contributed by atoms with van der Waals surface area (Å²) < 4.78 is 0. The van der Waals surface area contributed by atoms with E-state index in [9.17, 15) is 9.59 Å². The molecule has 20 heavy (non-hydrogen) atoms. The minimum atomic E-state index is -0.767. The molecule has 0 fully saturated rings. The van der Waals surface area contributed by atoms with Gasteiger partial charge in [0.05, 0.1) is 12.6 Å². The van der Waals surface area contributed by atoms with Crippen molar-refractivity contribution in [3.8, 4) is 6.07 Å². The fourth-order valence-corrected chi connectivity index (χ4v) is 1.85. The number of nitriles is 1. The SMILES string of the molecule is CCNC(=O)CN(C)C(=O)C(C#N)Cc1ccccc1. The van der Waals surface area contributed by atoms with Gasteiger partial charge in [0, 0.05) is 13.6 Å². The van der Waals surface area contributed by atoms with Crippen LogP contribution in [-0.4, -0.2) is 36.9 Å². The summed E-state index contributed by atoms with van der Waals surface area (Å²) >= 11 is 0. The Balaban J connectivity index is 2.63. The number of carbonyl (C=O) groups excluding carboxylic acids is 2. The van der Waals surface area contributed by atoms with Gasteiger partial charge in [-0.15, -0.1) is 0 Å². The van der Waals surface area contributed by atoms with Gasteiger partial charge in [-0.05, 0) is 18.9 Å². The smallest absolute Gasteiger partial charge is 0.240 e. The van der Waals surface area contributed by atoms with Crippen LogP contribution in [0.4, 0.5) is 0 Å². The van der Waals surface area contributed by atoms with Crippen molar-refractivity contribution in [3.63, 3.8) is 0 Å². The summed E-state index contributed by atoms with van der Waals surface area (Å²) in [5, 5.41) is 11.8. The van der Waals surface area contributed by atoms with Crippen LogP contribution in [-0.2, 0) is 16.0 Å². The molecule has 1 aromatic rings. The first-order valence-corrected chi connectivity index (χ1v) is 6.53. The molecule has 0 aliphatic rings. The molecule has 0 aliphatic carbocycles. The predicted molar refractivity (Wildman–Crippen MR) is 75.6 cm³/mol. The molecule has 1 unspecified atom stereocenters. The molecule has 0 heterocycles. The lowest BCUT2D eigenvalue weighted by atomic mass is 9.99. The Kier molecular flexibility index (Phi) is 6.24. The molecule has 0 saturated heterocycles. The second-order valence-electron chi connectivity index (χ2n) is 4.52. The van der Waals surface area contributed by atoms with Crippen molar-refractivity contribution >= 4 is 11.8 Å². The van der Waals surface area contributed by atoms with Gasteiger partial charge in [-0.25, -0.2) is 0 Å². The van der Waals surface area contributed by atoms with E-state index >= 15 is 0 Å². The van der Waals surface area contributed by atoms with Crippen molar-refractivity contribution < 1.29 is 9.59 Å². The summed E-state index contributed by atoms with van der Waals surface area (Å²) in [6.07, 6.45) is 0.357. The Morgan fingerprint density at radius 3 is 2.55 bits per heavy atom. The van der Waals surface area contributed by atoms with Crippen LogP contribution in [0.3, 0.4) is 0 Å². The van der Waals surface area contributed by atoms with Crippen molar-refractivity contribution in [2.75, 3.05) is 20.1 Å². The van der Waals surface area contributed by atoms with E-state index in [1.54, 1.807) is 0 Å². The zero-order chi connectivity index (χ0) is 15.0. The first kappa shape index (κ1) is 15.7. The minimum absolute atomic E-state index is 0.0281. The van der Waals surface area contributed by atoms with Crippen LogP contribution in [0.2, 0.25) is 0 Å². The molecular formula is C15H19N3O2. The Morgan fingerprint density at radius 1 is 1.35 bits per heavy atom. The maximum Gasteiger partial charge on any atom is 0.240 e. The molecule has 0 saturated carbocycles. The average molecular weight is 273 g/mol. The van der Waals surface area contributed by atoms with E-state index in [-0.39, 0.29) is 18.4 Å². The fourth-order valence-electron chi connectivity index (χ4n) is 1.85. The summed E-state index contributed by atoms with van der Waals surface area (Å²) in [5.74, 6) is -1.32. The number of hydrogen-bond acceptors (Lipinski definition) is 3. The number of rotatable bonds is 6. The highest BCUT2D eigenvalue weighted by molar-refractivity contribution is 5.87. The summed E-state index contributed by atoms with van der Waals surface area (Å²) in [7, 11) is 1.53. The maximum absolute atomic E-state index is 12.1. The molecule has 0 aromatic heterocycles. The molecule has 1 N–H and O–H groups in total. The number of hydrogen-bond donors (Lipinski definition) is 1. The second-order valence-corrected chi connectivity index (χ2v) is 4.52. The fraction of sp³-hybridized carbons (Fsp3) is 0.400. The Labute approximate surface area is 119 Å². The van der Waals surface area contributed by atoms with Gasteiger partial charge in [0.15, 0.2) is 0 Å². The van der Waals surface area contributed by atoms with Crippen LogP contribution < -0.4 is 5.32 Å². The van der Waals surface area contributed by atoms with Gasteiger partial charge in [-0.1, -0.05) is 30.3 Å². The lowest BCUT2D eigenvalue weighted by Crippen LogP contribution is -2.41. The quantitative estimate of drug-likeness (QED) is 0.839. The van der Waals surface area contributed by atoms with E-state index in [0.717, 1.165) is 5.56 Å². The van der Waals surface area contributed by atoms with Crippen molar-refractivity contribution in [1.82, 2.24) is 10.2 Å². The Bertz CT molecular complexity index is 494. The second kappa shape index (κ2) is 7.95. The largest absolute Gasteiger partial charge is 0.355 e. The van der Waals surface area contributed by atoms with E-state index in [4.69, 9.17) is 5.26 Å². The first-order chi connectivity index (χ1) is 9.58. The van der Waals surface area contributed by atoms with Crippen LogP contribution >= 0.6 is 0 Å². The molecule has 1 rings (SSSR count). The van der Waals surface area contributed by atoms with Gasteiger partial charge in [0.25, 0.3) is 0 Å². The lowest BCUT2D eigenvalue weighted by Gasteiger charge is -2.19. The predicted octanol–water partition coefficient (Wildman–Crippen LogP) is 0.963. The monoisotopic (exact) mass is 273 g/mol. The molecule has 0 aliphatic heterocycles. The lowest BCUT2D eigenvalue weighted by molar-refractivity contribution is -0.136. The van der Waals surface area contributed by atoms with Crippen molar-refractivity contribution in [2.24, 2.45) is 5.92 Å². The normalized spacial score (nSPS) is 11.2. The van der Waals surface area contributed by atoms with Crippen LogP contribution in [0, 0.1) is 17.2 Å². The van der Waals surface area contributed by atoms with Crippen LogP contribution in [0.5, 0.6) is 0 Å². The van der Waals surface area contributed by atoms with E-state index in [1.165, 1.54) is 11.9 Å². The molecule has 2 amide bonds. The number of benzene rings is 1. The number of likely N-dealkylation sites (N-methyl/N-ethyl adjacent to an activating group) is 2. The first-order valence-electron chi connectivity index (χ1n) is 6.53. The van der Waals surface area contributed by atoms with Gasteiger partial charge in [-0.2, -0.15) is 5.26 Å². The average Bonchev–Trinajstić information content (AvgIpc) is 2.45. The molecule has 5 nitrogen and oxygen atoms in total. The summed E-state index contributed by atoms with van der Waals surface area (Å²) in [5.41, 5.74) is 0.929. The van der Waals surface area contributed by atoms with Gasteiger partial charge in [-0.3, -0.25) is 9.59 Å². The highest BCUT2D eigenvalue weighted by Gasteiger charge is 2.23. The number of nitrogens with zero attached hydrogens (tertiary/aromatic N) is 2. The molecule has 5 heteroatoms. The third-order valence-electron chi connectivity index (χ3n) is 2.87. The molecule has 0 bridgehead atoms. The molecule has 1 atom stereocenters. The summed E-state index contributed by atoms with van der Waals surface area (Å²) in [6.45, 7) is 2.30. The topological polar surface area (TPSA) is 73.2 Å². The maximum atomic E-state index is 12.1. The summed E-state index contributed by atoms with van der Waals surface area (Å²) in [4.78, 5) is 24.9. The van der Waals surface area contributed by atoms with Gasteiger partial charge in [0.1, 0.15) is 5.92 Å². The molecule has 1 aromatic carbocycles.